The molecule has 190 valence electrons. The van der Waals surface area contributed by atoms with Crippen LogP contribution in [0.3, 0.4) is 0 Å². The number of fused-ring (bicyclic) bond motifs is 8. The minimum Gasteiger partial charge on any atom is -0.135 e. The summed E-state index contributed by atoms with van der Waals surface area (Å²) in [5.74, 6) is 14.1. The Hall–Kier alpha value is -2.91. The van der Waals surface area contributed by atoms with Gasteiger partial charge in [0.05, 0.1) is 10.4 Å². The Morgan fingerprint density at radius 1 is 0.538 bits per heavy atom. The molecule has 3 heterocycles. The standard InChI is InChI=1S/C34H28S3Si2/c1-38(2)13-7-10-24-25-15-21-18-32-26(16-22(21)17-31(25)35-30(24)12-8-14-39(3)4)28-20-33-27(19-34(28)37-32)23-9-5-6-11-29(23)36-33/h5-6,9,11,15-20,38-39H,13-14H2,1-4H3. The summed E-state index contributed by atoms with van der Waals surface area (Å²) in [7, 11) is -1.41. The first-order valence-electron chi connectivity index (χ1n) is 13.6. The maximum absolute atomic E-state index is 3.57. The molecule has 4 aromatic carbocycles. The third-order valence-corrected chi connectivity index (χ3v) is 12.5. The lowest BCUT2D eigenvalue weighted by atomic mass is 10.0. The van der Waals surface area contributed by atoms with Gasteiger partial charge in [-0.3, -0.25) is 0 Å². The van der Waals surface area contributed by atoms with E-state index >= 15 is 0 Å². The molecule has 0 amide bonds. The minimum absolute atomic E-state index is 0.698. The summed E-state index contributed by atoms with van der Waals surface area (Å²) < 4.78 is 6.76. The summed E-state index contributed by atoms with van der Waals surface area (Å²) in [4.78, 5) is 1.15. The second-order valence-corrected chi connectivity index (χ2v) is 20.8. The van der Waals surface area contributed by atoms with Gasteiger partial charge in [0.15, 0.2) is 0 Å². The third kappa shape index (κ3) is 4.53. The predicted octanol–water partition coefficient (Wildman–Crippen LogP) is 10.5. The average Bonchev–Trinajstić information content (AvgIpc) is 3.55. The molecule has 0 fully saturated rings. The van der Waals surface area contributed by atoms with E-state index < -0.39 is 17.6 Å². The monoisotopic (exact) mass is 588 g/mol. The van der Waals surface area contributed by atoms with E-state index in [4.69, 9.17) is 0 Å². The fourth-order valence-corrected chi connectivity index (χ4v) is 9.59. The Labute approximate surface area is 244 Å². The molecule has 0 aliphatic heterocycles. The van der Waals surface area contributed by atoms with Crippen LogP contribution in [0, 0.1) is 23.7 Å². The van der Waals surface area contributed by atoms with Crippen LogP contribution in [0.1, 0.15) is 10.4 Å². The number of thiophene rings is 3. The zero-order valence-electron chi connectivity index (χ0n) is 22.6. The summed E-state index contributed by atoms with van der Waals surface area (Å²) in [6, 6.07) is 25.3. The summed E-state index contributed by atoms with van der Waals surface area (Å²) in [6.07, 6.45) is 0. The lowest BCUT2D eigenvalue weighted by Gasteiger charge is -2.01. The number of hydrogen-bond donors (Lipinski definition) is 0. The highest BCUT2D eigenvalue weighted by Gasteiger charge is 2.14. The smallest absolute Gasteiger partial charge is 0.0937 e. The van der Waals surface area contributed by atoms with Gasteiger partial charge >= 0.3 is 0 Å². The van der Waals surface area contributed by atoms with E-state index in [1.54, 1.807) is 0 Å². The van der Waals surface area contributed by atoms with Crippen LogP contribution in [0.2, 0.25) is 38.3 Å². The molecule has 0 bridgehead atoms. The van der Waals surface area contributed by atoms with E-state index in [1.807, 2.05) is 34.0 Å². The predicted molar refractivity (Wildman–Crippen MR) is 186 cm³/mol. The van der Waals surface area contributed by atoms with Gasteiger partial charge in [0, 0.05) is 80.1 Å². The highest BCUT2D eigenvalue weighted by atomic mass is 32.1. The van der Waals surface area contributed by atoms with Crippen LogP contribution in [0.5, 0.6) is 0 Å². The van der Waals surface area contributed by atoms with Crippen molar-refractivity contribution in [3.05, 3.63) is 71.1 Å². The van der Waals surface area contributed by atoms with Gasteiger partial charge in [0.25, 0.3) is 0 Å². The molecule has 0 N–H and O–H groups in total. The molecule has 3 aromatic heterocycles. The molecule has 7 rings (SSSR count). The second-order valence-electron chi connectivity index (χ2n) is 11.2. The Bertz CT molecular complexity index is 2200. The maximum atomic E-state index is 3.57. The van der Waals surface area contributed by atoms with Crippen molar-refractivity contribution in [3.8, 4) is 23.7 Å². The third-order valence-electron chi connectivity index (χ3n) is 7.17. The van der Waals surface area contributed by atoms with Crippen molar-refractivity contribution in [2.75, 3.05) is 0 Å². The van der Waals surface area contributed by atoms with Gasteiger partial charge in [-0.05, 0) is 53.2 Å². The molecule has 39 heavy (non-hydrogen) atoms. The molecule has 0 spiro atoms. The highest BCUT2D eigenvalue weighted by Crippen LogP contribution is 2.43. The van der Waals surface area contributed by atoms with Crippen molar-refractivity contribution >= 4 is 113 Å². The van der Waals surface area contributed by atoms with Crippen LogP contribution in [0.4, 0.5) is 0 Å². The van der Waals surface area contributed by atoms with Gasteiger partial charge in [-0.2, -0.15) is 0 Å². The van der Waals surface area contributed by atoms with Gasteiger partial charge < -0.3 is 0 Å². The highest BCUT2D eigenvalue weighted by molar-refractivity contribution is 7.27. The quantitative estimate of drug-likeness (QED) is 0.139. The topological polar surface area (TPSA) is 0 Å². The van der Waals surface area contributed by atoms with E-state index in [2.05, 4.69) is 111 Å². The molecule has 0 saturated carbocycles. The lowest BCUT2D eigenvalue weighted by molar-refractivity contribution is 1.68. The molecule has 5 heteroatoms. The van der Waals surface area contributed by atoms with Crippen LogP contribution < -0.4 is 0 Å². The summed E-state index contributed by atoms with van der Waals surface area (Å²) >= 11 is 5.63. The molecule has 0 unspecified atom stereocenters. The fourth-order valence-electron chi connectivity index (χ4n) is 5.22. The molecular weight excluding hydrogens is 561 g/mol. The molecule has 0 nitrogen and oxygen atoms in total. The first kappa shape index (κ1) is 25.1. The van der Waals surface area contributed by atoms with Crippen LogP contribution in [-0.4, -0.2) is 17.6 Å². The van der Waals surface area contributed by atoms with Gasteiger partial charge in [-0.1, -0.05) is 56.2 Å². The molecule has 0 aliphatic carbocycles. The van der Waals surface area contributed by atoms with Gasteiger partial charge in [-0.25, -0.2) is 0 Å². The summed E-state index contributed by atoms with van der Waals surface area (Å²) in [5.41, 5.74) is 1.15. The molecular formula is C34H28S3Si2. The fraction of sp³-hybridized carbons (Fsp3) is 0.176. The van der Waals surface area contributed by atoms with E-state index in [1.165, 1.54) is 61.2 Å². The van der Waals surface area contributed by atoms with Gasteiger partial charge in [0.2, 0.25) is 0 Å². The van der Waals surface area contributed by atoms with Crippen LogP contribution in [-0.2, 0) is 0 Å². The van der Waals surface area contributed by atoms with Gasteiger partial charge in [-0.15, -0.1) is 45.9 Å². The summed E-state index contributed by atoms with van der Waals surface area (Å²) in [6.45, 7) is 9.46. The van der Waals surface area contributed by atoms with Crippen molar-refractivity contribution in [2.24, 2.45) is 0 Å². The van der Waals surface area contributed by atoms with Crippen LogP contribution in [0.25, 0.3) is 61.2 Å². The normalized spacial score (nSPS) is 11.8. The zero-order chi connectivity index (χ0) is 26.7. The second kappa shape index (κ2) is 9.93. The largest absolute Gasteiger partial charge is 0.135 e. The van der Waals surface area contributed by atoms with Crippen molar-refractivity contribution in [1.82, 2.24) is 0 Å². The number of benzene rings is 4. The first-order valence-corrected chi connectivity index (χ1v) is 22.3. The van der Waals surface area contributed by atoms with Crippen LogP contribution in [0.15, 0.2) is 60.7 Å². The molecule has 0 radical (unpaired) electrons. The van der Waals surface area contributed by atoms with Crippen LogP contribution >= 0.6 is 34.0 Å². The average molecular weight is 589 g/mol. The molecule has 7 aromatic rings. The molecule has 0 atom stereocenters. The van der Waals surface area contributed by atoms with Crippen molar-refractivity contribution in [3.63, 3.8) is 0 Å². The molecule has 0 saturated heterocycles. The Balaban J connectivity index is 1.43. The SMILES string of the molecule is C[SiH](C)CC#Cc1sc2cc3cc4c(cc3cc2c1C#CC[SiH](C)C)sc1cc2c(cc14)sc1ccccc12. The Kier molecular flexibility index (Phi) is 6.39. The lowest BCUT2D eigenvalue weighted by Crippen LogP contribution is -1.95. The minimum atomic E-state index is -0.715. The molecule has 0 aliphatic rings. The number of rotatable bonds is 2. The maximum Gasteiger partial charge on any atom is 0.0937 e. The van der Waals surface area contributed by atoms with Gasteiger partial charge in [0.1, 0.15) is 0 Å². The first-order chi connectivity index (χ1) is 18.9. The zero-order valence-corrected chi connectivity index (χ0v) is 27.3. The Morgan fingerprint density at radius 2 is 1.08 bits per heavy atom. The van der Waals surface area contributed by atoms with Crippen molar-refractivity contribution in [2.45, 2.75) is 38.3 Å². The number of hydrogen-bond acceptors (Lipinski definition) is 3. The van der Waals surface area contributed by atoms with Crippen molar-refractivity contribution < 1.29 is 0 Å². The van der Waals surface area contributed by atoms with E-state index in [-0.39, 0.29) is 0 Å². The van der Waals surface area contributed by atoms with E-state index in [0.29, 0.717) is 0 Å². The van der Waals surface area contributed by atoms with E-state index in [9.17, 15) is 0 Å². The van der Waals surface area contributed by atoms with Crippen molar-refractivity contribution in [1.29, 1.82) is 0 Å². The summed E-state index contributed by atoms with van der Waals surface area (Å²) in [5, 5.41) is 9.34. The van der Waals surface area contributed by atoms with E-state index in [0.717, 1.165) is 22.5 Å². The Morgan fingerprint density at radius 3 is 1.79 bits per heavy atom.